The molecule has 2 amide bonds. The molecule has 1 heterocycles. The highest BCUT2D eigenvalue weighted by Crippen LogP contribution is 2.25. The van der Waals surface area contributed by atoms with Gasteiger partial charge in [0, 0.05) is 27.2 Å². The van der Waals surface area contributed by atoms with Gasteiger partial charge in [-0.1, -0.05) is 0 Å². The highest BCUT2D eigenvalue weighted by atomic mass is 19.4. The van der Waals surface area contributed by atoms with Crippen molar-refractivity contribution in [2.24, 2.45) is 5.92 Å². The van der Waals surface area contributed by atoms with Crippen LogP contribution in [0.15, 0.2) is 0 Å². The Kier molecular flexibility index (Phi) is 5.24. The summed E-state index contributed by atoms with van der Waals surface area (Å²) in [7, 11) is 3.24. The number of likely N-dealkylation sites (tertiary alicyclic amines) is 1. The summed E-state index contributed by atoms with van der Waals surface area (Å²) < 4.78 is 41.3. The van der Waals surface area contributed by atoms with Crippen molar-refractivity contribution < 1.29 is 27.5 Å². The fourth-order valence-corrected chi connectivity index (χ4v) is 1.93. The Morgan fingerprint density at radius 3 is 2.15 bits per heavy atom. The lowest BCUT2D eigenvalue weighted by molar-refractivity contribution is -0.219. The quantitative estimate of drug-likeness (QED) is 0.731. The number of urea groups is 1. The molecule has 1 atom stereocenters. The number of carbonyl (C=O) groups excluding carboxylic acids is 2. The molecule has 20 heavy (non-hydrogen) atoms. The van der Waals surface area contributed by atoms with Crippen LogP contribution in [-0.4, -0.2) is 61.3 Å². The number of piperidine rings is 1. The number of amides is 2. The van der Waals surface area contributed by atoms with Crippen LogP contribution in [-0.2, 0) is 9.53 Å². The van der Waals surface area contributed by atoms with Gasteiger partial charge in [-0.2, -0.15) is 13.2 Å². The van der Waals surface area contributed by atoms with Crippen molar-refractivity contribution in [3.8, 4) is 0 Å². The molecule has 0 aromatic heterocycles. The van der Waals surface area contributed by atoms with E-state index in [2.05, 4.69) is 4.74 Å². The number of esters is 1. The highest BCUT2D eigenvalue weighted by Gasteiger charge is 2.40. The van der Waals surface area contributed by atoms with Gasteiger partial charge in [-0.3, -0.25) is 4.79 Å². The number of hydrogen-bond acceptors (Lipinski definition) is 3. The van der Waals surface area contributed by atoms with Gasteiger partial charge in [-0.25, -0.2) is 4.79 Å². The van der Waals surface area contributed by atoms with Gasteiger partial charge in [-0.05, 0) is 19.8 Å². The summed E-state index contributed by atoms with van der Waals surface area (Å²) in [6, 6.07) is -0.166. The monoisotopic (exact) mass is 296 g/mol. The molecule has 0 bridgehead atoms. The minimum absolute atomic E-state index is 0.166. The molecule has 0 aromatic carbocycles. The normalized spacial score (nSPS) is 18.6. The largest absolute Gasteiger partial charge is 0.453 e. The molecular weight excluding hydrogens is 277 g/mol. The number of alkyl halides is 3. The van der Waals surface area contributed by atoms with E-state index in [0.717, 1.165) is 6.92 Å². The van der Waals surface area contributed by atoms with Gasteiger partial charge in [0.15, 0.2) is 6.10 Å². The van der Waals surface area contributed by atoms with Crippen molar-refractivity contribution in [2.75, 3.05) is 27.2 Å². The van der Waals surface area contributed by atoms with E-state index < -0.39 is 24.2 Å². The predicted octanol–water partition coefficient (Wildman–Crippen LogP) is 1.87. The molecule has 1 aliphatic rings. The van der Waals surface area contributed by atoms with Crippen molar-refractivity contribution in [3.05, 3.63) is 0 Å². The summed E-state index contributed by atoms with van der Waals surface area (Å²) in [6.45, 7) is 1.50. The first-order valence-corrected chi connectivity index (χ1v) is 6.36. The zero-order valence-corrected chi connectivity index (χ0v) is 11.7. The molecule has 8 heteroatoms. The summed E-state index contributed by atoms with van der Waals surface area (Å²) in [5.41, 5.74) is 0. The van der Waals surface area contributed by atoms with Gasteiger partial charge < -0.3 is 14.5 Å². The van der Waals surface area contributed by atoms with Crippen LogP contribution in [0.5, 0.6) is 0 Å². The standard InChI is InChI=1S/C12H19F3N2O3/c1-8(12(13,14)15)20-10(18)9-4-6-17(7-5-9)11(19)16(2)3/h8-9H,4-7H2,1-3H3/t8-/m1/s1. The Hall–Kier alpha value is -1.47. The summed E-state index contributed by atoms with van der Waals surface area (Å²) in [5.74, 6) is -1.42. The van der Waals surface area contributed by atoms with Gasteiger partial charge in [0.05, 0.1) is 5.92 Å². The highest BCUT2D eigenvalue weighted by molar-refractivity contribution is 5.75. The third-order valence-electron chi connectivity index (χ3n) is 3.24. The van der Waals surface area contributed by atoms with Crippen LogP contribution in [0, 0.1) is 5.92 Å². The number of nitrogens with zero attached hydrogens (tertiary/aromatic N) is 2. The first kappa shape index (κ1) is 16.6. The van der Waals surface area contributed by atoms with Crippen molar-refractivity contribution in [1.29, 1.82) is 0 Å². The maximum absolute atomic E-state index is 12.3. The van der Waals surface area contributed by atoms with Gasteiger partial charge in [0.25, 0.3) is 0 Å². The van der Waals surface area contributed by atoms with Crippen molar-refractivity contribution in [3.63, 3.8) is 0 Å². The van der Waals surface area contributed by atoms with Gasteiger partial charge in [0.1, 0.15) is 0 Å². The van der Waals surface area contributed by atoms with E-state index in [1.165, 1.54) is 4.90 Å². The smallest absolute Gasteiger partial charge is 0.425 e. The molecule has 5 nitrogen and oxygen atoms in total. The minimum atomic E-state index is -4.54. The van der Waals surface area contributed by atoms with Crippen LogP contribution in [0.4, 0.5) is 18.0 Å². The zero-order valence-electron chi connectivity index (χ0n) is 11.7. The Morgan fingerprint density at radius 2 is 1.75 bits per heavy atom. The molecule has 0 radical (unpaired) electrons. The number of rotatable bonds is 2. The molecule has 1 fully saturated rings. The molecule has 0 unspecified atom stereocenters. The van der Waals surface area contributed by atoms with E-state index in [9.17, 15) is 22.8 Å². The fourth-order valence-electron chi connectivity index (χ4n) is 1.93. The van der Waals surface area contributed by atoms with Gasteiger partial charge in [0.2, 0.25) is 0 Å². The summed E-state index contributed by atoms with van der Waals surface area (Å²) >= 11 is 0. The SMILES string of the molecule is C[C@@H](OC(=O)C1CCN(C(=O)N(C)C)CC1)C(F)(F)F. The van der Waals surface area contributed by atoms with Crippen molar-refractivity contribution >= 4 is 12.0 Å². The third kappa shape index (κ3) is 4.28. The first-order chi connectivity index (χ1) is 9.12. The summed E-state index contributed by atoms with van der Waals surface area (Å²) in [4.78, 5) is 26.3. The second-order valence-corrected chi connectivity index (χ2v) is 5.06. The first-order valence-electron chi connectivity index (χ1n) is 6.36. The fraction of sp³-hybridized carbons (Fsp3) is 0.833. The van der Waals surface area contributed by atoms with E-state index in [0.29, 0.717) is 25.9 Å². The third-order valence-corrected chi connectivity index (χ3v) is 3.24. The number of ether oxygens (including phenoxy) is 1. The molecular formula is C12H19F3N2O3. The zero-order chi connectivity index (χ0) is 15.5. The molecule has 1 aliphatic heterocycles. The molecule has 116 valence electrons. The number of halogens is 3. The lowest BCUT2D eigenvalue weighted by atomic mass is 9.97. The molecule has 1 rings (SSSR count). The number of hydrogen-bond donors (Lipinski definition) is 0. The second-order valence-electron chi connectivity index (χ2n) is 5.06. The topological polar surface area (TPSA) is 49.9 Å². The number of carbonyl (C=O) groups is 2. The van der Waals surface area contributed by atoms with Crippen molar-refractivity contribution in [2.45, 2.75) is 32.0 Å². The van der Waals surface area contributed by atoms with Crippen LogP contribution in [0.2, 0.25) is 0 Å². The average molecular weight is 296 g/mol. The molecule has 1 saturated heterocycles. The van der Waals surface area contributed by atoms with Crippen LogP contribution >= 0.6 is 0 Å². The maximum atomic E-state index is 12.3. The lowest BCUT2D eigenvalue weighted by Gasteiger charge is -2.33. The van der Waals surface area contributed by atoms with E-state index in [1.807, 2.05) is 0 Å². The van der Waals surface area contributed by atoms with Gasteiger partial charge >= 0.3 is 18.2 Å². The molecule has 0 aliphatic carbocycles. The van der Waals surface area contributed by atoms with E-state index >= 15 is 0 Å². The average Bonchev–Trinajstić information content (AvgIpc) is 2.36. The van der Waals surface area contributed by atoms with Crippen LogP contribution in [0.3, 0.4) is 0 Å². The Morgan fingerprint density at radius 1 is 1.25 bits per heavy atom. The van der Waals surface area contributed by atoms with E-state index in [4.69, 9.17) is 0 Å². The Balaban J connectivity index is 2.45. The van der Waals surface area contributed by atoms with Crippen LogP contribution in [0.1, 0.15) is 19.8 Å². The molecule has 0 N–H and O–H groups in total. The second kappa shape index (κ2) is 6.32. The summed E-state index contributed by atoms with van der Waals surface area (Å²) in [6.07, 6.45) is -6.00. The minimum Gasteiger partial charge on any atom is -0.453 e. The lowest BCUT2D eigenvalue weighted by Crippen LogP contribution is -2.45. The van der Waals surface area contributed by atoms with Gasteiger partial charge in [-0.15, -0.1) is 0 Å². The molecule has 0 spiro atoms. The predicted molar refractivity (Wildman–Crippen MR) is 65.0 cm³/mol. The van der Waals surface area contributed by atoms with Crippen LogP contribution < -0.4 is 0 Å². The summed E-state index contributed by atoms with van der Waals surface area (Å²) in [5, 5.41) is 0. The Labute approximate surface area is 115 Å². The van der Waals surface area contributed by atoms with Crippen LogP contribution in [0.25, 0.3) is 0 Å². The van der Waals surface area contributed by atoms with E-state index in [-0.39, 0.29) is 6.03 Å². The Bertz CT molecular complexity index is 363. The maximum Gasteiger partial charge on any atom is 0.425 e. The molecule has 0 aromatic rings. The van der Waals surface area contributed by atoms with E-state index in [1.54, 1.807) is 19.0 Å². The molecule has 0 saturated carbocycles. The van der Waals surface area contributed by atoms with Crippen molar-refractivity contribution in [1.82, 2.24) is 9.80 Å².